The molecule has 0 atom stereocenters. The maximum atomic E-state index is 5.32. The minimum Gasteiger partial charge on any atom is -0.467 e. The Labute approximate surface area is 127 Å². The molecule has 0 spiro atoms. The normalized spacial score (nSPS) is 10.5. The zero-order valence-corrected chi connectivity index (χ0v) is 13.0. The number of rotatable bonds is 4. The number of nitrogens with one attached hydrogen (secondary N) is 1. The molecule has 3 rings (SSSR count). The van der Waals surface area contributed by atoms with Crippen molar-refractivity contribution >= 4 is 39.8 Å². The summed E-state index contributed by atoms with van der Waals surface area (Å²) < 4.78 is 5.32. The molecule has 0 fully saturated rings. The number of nitrogens with zero attached hydrogens (tertiary/aromatic N) is 2. The SMILES string of the molecule is CCc1cc2c(NCc3ccco3)nc(C)nc2s1.Cl. The second-order valence-corrected chi connectivity index (χ2v) is 5.45. The number of hydrogen-bond acceptors (Lipinski definition) is 5. The summed E-state index contributed by atoms with van der Waals surface area (Å²) in [5.74, 6) is 2.57. The molecule has 0 radical (unpaired) electrons. The smallest absolute Gasteiger partial charge is 0.138 e. The lowest BCUT2D eigenvalue weighted by Gasteiger charge is -2.05. The van der Waals surface area contributed by atoms with Gasteiger partial charge in [0.15, 0.2) is 0 Å². The number of hydrogen-bond donors (Lipinski definition) is 1. The zero-order valence-electron chi connectivity index (χ0n) is 11.3. The van der Waals surface area contributed by atoms with Crippen LogP contribution in [0.25, 0.3) is 10.2 Å². The van der Waals surface area contributed by atoms with Crippen LogP contribution in [0, 0.1) is 6.92 Å². The lowest BCUT2D eigenvalue weighted by molar-refractivity contribution is 0.518. The fourth-order valence-corrected chi connectivity index (χ4v) is 2.98. The number of halogens is 1. The summed E-state index contributed by atoms with van der Waals surface area (Å²) >= 11 is 1.73. The van der Waals surface area contributed by atoms with Gasteiger partial charge in [-0.3, -0.25) is 0 Å². The Morgan fingerprint density at radius 1 is 1.35 bits per heavy atom. The lowest BCUT2D eigenvalue weighted by atomic mass is 10.3. The number of aryl methyl sites for hydroxylation is 2. The van der Waals surface area contributed by atoms with Crippen molar-refractivity contribution in [1.29, 1.82) is 0 Å². The van der Waals surface area contributed by atoms with Crippen LogP contribution in [0.5, 0.6) is 0 Å². The maximum absolute atomic E-state index is 5.32. The van der Waals surface area contributed by atoms with Crippen molar-refractivity contribution in [2.45, 2.75) is 26.8 Å². The first kappa shape index (κ1) is 14.8. The molecule has 3 heterocycles. The molecule has 0 saturated carbocycles. The van der Waals surface area contributed by atoms with E-state index in [1.165, 1.54) is 4.88 Å². The molecule has 0 aliphatic rings. The first-order valence-corrected chi connectivity index (χ1v) is 7.11. The molecular formula is C14H16ClN3OS. The van der Waals surface area contributed by atoms with Crippen molar-refractivity contribution in [2.24, 2.45) is 0 Å². The highest BCUT2D eigenvalue weighted by atomic mass is 35.5. The quantitative estimate of drug-likeness (QED) is 0.785. The van der Waals surface area contributed by atoms with E-state index in [9.17, 15) is 0 Å². The lowest BCUT2D eigenvalue weighted by Crippen LogP contribution is -2.02. The molecule has 0 aromatic carbocycles. The number of anilines is 1. The van der Waals surface area contributed by atoms with Gasteiger partial charge in [0.25, 0.3) is 0 Å². The van der Waals surface area contributed by atoms with E-state index in [1.54, 1.807) is 17.6 Å². The van der Waals surface area contributed by atoms with Crippen LogP contribution in [-0.4, -0.2) is 9.97 Å². The van der Waals surface area contributed by atoms with E-state index in [2.05, 4.69) is 28.3 Å². The highest BCUT2D eigenvalue weighted by Crippen LogP contribution is 2.29. The number of furan rings is 1. The van der Waals surface area contributed by atoms with Gasteiger partial charge in [0.05, 0.1) is 18.2 Å². The Hall–Kier alpha value is -1.59. The molecule has 106 valence electrons. The molecule has 0 unspecified atom stereocenters. The van der Waals surface area contributed by atoms with E-state index in [1.807, 2.05) is 19.1 Å². The van der Waals surface area contributed by atoms with Crippen molar-refractivity contribution < 1.29 is 4.42 Å². The van der Waals surface area contributed by atoms with Crippen LogP contribution in [0.1, 0.15) is 23.4 Å². The minimum absolute atomic E-state index is 0. The van der Waals surface area contributed by atoms with Gasteiger partial charge in [0.1, 0.15) is 22.2 Å². The molecule has 0 bridgehead atoms. The molecule has 3 aromatic rings. The fraction of sp³-hybridized carbons (Fsp3) is 0.286. The summed E-state index contributed by atoms with van der Waals surface area (Å²) in [4.78, 5) is 11.4. The standard InChI is InChI=1S/C14H15N3OS.ClH/c1-3-11-7-12-13(15-8-10-5-4-6-18-10)16-9(2)17-14(12)19-11;/h4-7H,3,8H2,1-2H3,(H,15,16,17);1H. The van der Waals surface area contributed by atoms with Gasteiger partial charge in [-0.25, -0.2) is 9.97 Å². The Morgan fingerprint density at radius 2 is 2.20 bits per heavy atom. The van der Waals surface area contributed by atoms with Gasteiger partial charge < -0.3 is 9.73 Å². The topological polar surface area (TPSA) is 51.0 Å². The van der Waals surface area contributed by atoms with Crippen molar-refractivity contribution in [2.75, 3.05) is 5.32 Å². The van der Waals surface area contributed by atoms with Gasteiger partial charge in [0, 0.05) is 4.88 Å². The van der Waals surface area contributed by atoms with Crippen LogP contribution in [0.4, 0.5) is 5.82 Å². The van der Waals surface area contributed by atoms with Crippen molar-refractivity contribution in [3.8, 4) is 0 Å². The summed E-state index contributed by atoms with van der Waals surface area (Å²) in [6, 6.07) is 6.00. The molecule has 0 aliphatic heterocycles. The Balaban J connectivity index is 0.00000147. The second-order valence-electron chi connectivity index (χ2n) is 4.34. The largest absolute Gasteiger partial charge is 0.467 e. The Kier molecular flexibility index (Phi) is 4.62. The molecular weight excluding hydrogens is 294 g/mol. The summed E-state index contributed by atoms with van der Waals surface area (Å²) in [6.45, 7) is 4.71. The Bertz CT molecular complexity index is 694. The van der Waals surface area contributed by atoms with E-state index >= 15 is 0 Å². The van der Waals surface area contributed by atoms with E-state index in [0.717, 1.165) is 34.0 Å². The van der Waals surface area contributed by atoms with E-state index in [0.29, 0.717) is 6.54 Å². The van der Waals surface area contributed by atoms with Gasteiger partial charge in [-0.2, -0.15) is 0 Å². The van der Waals surface area contributed by atoms with Crippen molar-refractivity contribution in [3.63, 3.8) is 0 Å². The minimum atomic E-state index is 0. The highest BCUT2D eigenvalue weighted by molar-refractivity contribution is 7.18. The van der Waals surface area contributed by atoms with Crippen molar-refractivity contribution in [1.82, 2.24) is 9.97 Å². The predicted octanol–water partition coefficient (Wildman–Crippen LogP) is 4.19. The first-order valence-electron chi connectivity index (χ1n) is 6.29. The molecule has 4 nitrogen and oxygen atoms in total. The van der Waals surface area contributed by atoms with E-state index in [-0.39, 0.29) is 12.4 Å². The molecule has 0 saturated heterocycles. The number of fused-ring (bicyclic) bond motifs is 1. The molecule has 1 N–H and O–H groups in total. The average molecular weight is 310 g/mol. The highest BCUT2D eigenvalue weighted by Gasteiger charge is 2.10. The average Bonchev–Trinajstić information content (AvgIpc) is 3.04. The van der Waals surface area contributed by atoms with Crippen LogP contribution in [-0.2, 0) is 13.0 Å². The van der Waals surface area contributed by atoms with Crippen LogP contribution in [0.15, 0.2) is 28.9 Å². The number of thiophene rings is 1. The third-order valence-electron chi connectivity index (χ3n) is 2.91. The first-order chi connectivity index (χ1) is 9.26. The maximum Gasteiger partial charge on any atom is 0.138 e. The third-order valence-corrected chi connectivity index (χ3v) is 4.09. The second kappa shape index (κ2) is 6.24. The Morgan fingerprint density at radius 3 is 2.90 bits per heavy atom. The molecule has 0 aliphatic carbocycles. The van der Waals surface area contributed by atoms with E-state index < -0.39 is 0 Å². The fourth-order valence-electron chi connectivity index (χ4n) is 1.97. The number of aromatic nitrogens is 2. The predicted molar refractivity (Wildman–Crippen MR) is 84.8 cm³/mol. The van der Waals surface area contributed by atoms with Crippen LogP contribution in [0.3, 0.4) is 0 Å². The van der Waals surface area contributed by atoms with Crippen LogP contribution < -0.4 is 5.32 Å². The summed E-state index contributed by atoms with van der Waals surface area (Å²) in [5, 5.41) is 4.43. The van der Waals surface area contributed by atoms with Gasteiger partial charge in [-0.15, -0.1) is 23.7 Å². The summed E-state index contributed by atoms with van der Waals surface area (Å²) in [5.41, 5.74) is 0. The molecule has 0 amide bonds. The zero-order chi connectivity index (χ0) is 13.2. The van der Waals surface area contributed by atoms with Gasteiger partial charge in [-0.1, -0.05) is 6.92 Å². The van der Waals surface area contributed by atoms with Gasteiger partial charge >= 0.3 is 0 Å². The molecule has 6 heteroatoms. The molecule has 3 aromatic heterocycles. The monoisotopic (exact) mass is 309 g/mol. The summed E-state index contributed by atoms with van der Waals surface area (Å²) in [6.07, 6.45) is 2.70. The molecule has 20 heavy (non-hydrogen) atoms. The third kappa shape index (κ3) is 2.94. The van der Waals surface area contributed by atoms with E-state index in [4.69, 9.17) is 4.42 Å². The van der Waals surface area contributed by atoms with Gasteiger partial charge in [-0.05, 0) is 31.5 Å². The van der Waals surface area contributed by atoms with Gasteiger partial charge in [0.2, 0.25) is 0 Å². The van der Waals surface area contributed by atoms with Crippen LogP contribution in [0.2, 0.25) is 0 Å². The summed E-state index contributed by atoms with van der Waals surface area (Å²) in [7, 11) is 0. The van der Waals surface area contributed by atoms with Crippen molar-refractivity contribution in [3.05, 3.63) is 40.9 Å². The van der Waals surface area contributed by atoms with Crippen LogP contribution >= 0.6 is 23.7 Å².